The molecule has 1 heterocycles. The third-order valence-corrected chi connectivity index (χ3v) is 4.23. The molecule has 1 saturated carbocycles. The molecule has 0 aliphatic heterocycles. The average molecular weight is 323 g/mol. The number of carbonyl (C=O) groups is 1. The van der Waals surface area contributed by atoms with Crippen molar-refractivity contribution in [1.29, 1.82) is 0 Å². The highest BCUT2D eigenvalue weighted by Gasteiger charge is 2.37. The topological polar surface area (TPSA) is 47.8 Å². The number of hydrogen-bond acceptors (Lipinski definition) is 3. The first-order valence-electron chi connectivity index (χ1n) is 7.57. The van der Waals surface area contributed by atoms with Crippen molar-refractivity contribution in [3.05, 3.63) is 42.0 Å². The first-order valence-corrected chi connectivity index (χ1v) is 7.57. The number of Topliss-reactive ketones (excluding diaryl/α,β-unsaturated/α-hetero) is 1. The minimum Gasteiger partial charge on any atom is -0.294 e. The molecule has 0 N–H and O–H groups in total. The number of benzene rings is 1. The van der Waals surface area contributed by atoms with E-state index >= 15 is 0 Å². The highest BCUT2D eigenvalue weighted by molar-refractivity contribution is 5.99. The summed E-state index contributed by atoms with van der Waals surface area (Å²) in [6.07, 6.45) is 2.15. The van der Waals surface area contributed by atoms with Crippen molar-refractivity contribution in [3.63, 3.8) is 0 Å². The maximum absolute atomic E-state index is 13.4. The minimum atomic E-state index is -4.59. The van der Waals surface area contributed by atoms with Crippen LogP contribution in [0.15, 0.2) is 30.9 Å². The molecule has 0 radical (unpaired) electrons. The largest absolute Gasteiger partial charge is 0.417 e. The SMILES string of the molecule is O=C(c1ccc(-n2cncn2)cc1C(F)(F)F)C1CCCCC1. The molecule has 23 heavy (non-hydrogen) atoms. The van der Waals surface area contributed by atoms with E-state index in [2.05, 4.69) is 10.1 Å². The maximum Gasteiger partial charge on any atom is 0.417 e. The number of hydrogen-bond donors (Lipinski definition) is 0. The summed E-state index contributed by atoms with van der Waals surface area (Å²) in [7, 11) is 0. The lowest BCUT2D eigenvalue weighted by molar-refractivity contribution is -0.137. The van der Waals surface area contributed by atoms with Crippen molar-refractivity contribution in [3.8, 4) is 5.69 Å². The number of halogens is 3. The Bertz CT molecular complexity index is 689. The molecular formula is C16H16F3N3O. The Labute approximate surface area is 131 Å². The van der Waals surface area contributed by atoms with Gasteiger partial charge in [-0.2, -0.15) is 18.3 Å². The molecule has 7 heteroatoms. The summed E-state index contributed by atoms with van der Waals surface area (Å²) in [6, 6.07) is 3.70. The van der Waals surface area contributed by atoms with E-state index in [1.165, 1.54) is 29.5 Å². The normalized spacial score (nSPS) is 16.5. The van der Waals surface area contributed by atoms with Crippen LogP contribution in [0.3, 0.4) is 0 Å². The van der Waals surface area contributed by atoms with Crippen LogP contribution in [0.1, 0.15) is 48.0 Å². The molecule has 0 amide bonds. The van der Waals surface area contributed by atoms with E-state index < -0.39 is 17.5 Å². The van der Waals surface area contributed by atoms with Crippen molar-refractivity contribution in [1.82, 2.24) is 14.8 Å². The Hall–Kier alpha value is -2.18. The lowest BCUT2D eigenvalue weighted by Gasteiger charge is -2.22. The van der Waals surface area contributed by atoms with Crippen molar-refractivity contribution in [2.45, 2.75) is 38.3 Å². The Kier molecular flexibility index (Phi) is 4.19. The fraction of sp³-hybridized carbons (Fsp3) is 0.438. The van der Waals surface area contributed by atoms with E-state index in [1.807, 2.05) is 0 Å². The molecule has 0 bridgehead atoms. The molecule has 122 valence electrons. The molecule has 1 aromatic carbocycles. The smallest absolute Gasteiger partial charge is 0.294 e. The van der Waals surface area contributed by atoms with Crippen LogP contribution in [0.5, 0.6) is 0 Å². The summed E-state index contributed by atoms with van der Waals surface area (Å²) < 4.78 is 41.4. The van der Waals surface area contributed by atoms with Crippen LogP contribution in [-0.2, 0) is 6.18 Å². The summed E-state index contributed by atoms with van der Waals surface area (Å²) in [5.74, 6) is -0.704. The zero-order valence-electron chi connectivity index (χ0n) is 12.4. The first-order chi connectivity index (χ1) is 11.0. The van der Waals surface area contributed by atoms with Gasteiger partial charge in [0, 0.05) is 11.5 Å². The molecule has 3 rings (SSSR count). The predicted octanol–water partition coefficient (Wildman–Crippen LogP) is 4.05. The Balaban J connectivity index is 2.00. The Morgan fingerprint density at radius 1 is 1.17 bits per heavy atom. The lowest BCUT2D eigenvalue weighted by Crippen LogP contribution is -2.22. The van der Waals surface area contributed by atoms with Crippen molar-refractivity contribution < 1.29 is 18.0 Å². The van der Waals surface area contributed by atoms with E-state index in [9.17, 15) is 18.0 Å². The average Bonchev–Trinajstić information content (AvgIpc) is 3.08. The van der Waals surface area contributed by atoms with E-state index in [4.69, 9.17) is 0 Å². The van der Waals surface area contributed by atoms with Crippen LogP contribution in [0.2, 0.25) is 0 Å². The second-order valence-electron chi connectivity index (χ2n) is 5.77. The van der Waals surface area contributed by atoms with Crippen molar-refractivity contribution >= 4 is 5.78 Å². The van der Waals surface area contributed by atoms with Gasteiger partial charge in [0.1, 0.15) is 12.7 Å². The van der Waals surface area contributed by atoms with Gasteiger partial charge in [-0.1, -0.05) is 19.3 Å². The number of alkyl halides is 3. The summed E-state index contributed by atoms with van der Waals surface area (Å²) in [5, 5.41) is 3.83. The number of nitrogens with zero attached hydrogens (tertiary/aromatic N) is 3. The maximum atomic E-state index is 13.4. The fourth-order valence-corrected chi connectivity index (χ4v) is 3.05. The van der Waals surface area contributed by atoms with Crippen LogP contribution in [0, 0.1) is 5.92 Å². The molecular weight excluding hydrogens is 307 g/mol. The zero-order valence-corrected chi connectivity index (χ0v) is 12.4. The number of carbonyl (C=O) groups excluding carboxylic acids is 1. The van der Waals surface area contributed by atoms with Gasteiger partial charge in [0.15, 0.2) is 5.78 Å². The van der Waals surface area contributed by atoms with Crippen LogP contribution in [0.4, 0.5) is 13.2 Å². The molecule has 0 saturated heterocycles. The number of aromatic nitrogens is 3. The predicted molar refractivity (Wildman–Crippen MR) is 77.3 cm³/mol. The van der Waals surface area contributed by atoms with Crippen LogP contribution >= 0.6 is 0 Å². The van der Waals surface area contributed by atoms with Gasteiger partial charge in [-0.25, -0.2) is 9.67 Å². The molecule has 1 fully saturated rings. The zero-order chi connectivity index (χ0) is 16.4. The van der Waals surface area contributed by atoms with Gasteiger partial charge < -0.3 is 0 Å². The van der Waals surface area contributed by atoms with Gasteiger partial charge in [-0.15, -0.1) is 0 Å². The van der Waals surface area contributed by atoms with Gasteiger partial charge >= 0.3 is 6.18 Å². The highest BCUT2D eigenvalue weighted by Crippen LogP contribution is 2.36. The van der Waals surface area contributed by atoms with Gasteiger partial charge in [0.2, 0.25) is 0 Å². The summed E-state index contributed by atoms with van der Waals surface area (Å²) in [4.78, 5) is 16.3. The molecule has 2 aromatic rings. The molecule has 1 aliphatic rings. The third kappa shape index (κ3) is 3.28. The fourth-order valence-electron chi connectivity index (χ4n) is 3.05. The van der Waals surface area contributed by atoms with Crippen molar-refractivity contribution in [2.75, 3.05) is 0 Å². The number of ketones is 1. The third-order valence-electron chi connectivity index (χ3n) is 4.23. The first kappa shape index (κ1) is 15.7. The van der Waals surface area contributed by atoms with Crippen LogP contribution in [0.25, 0.3) is 5.69 Å². The van der Waals surface area contributed by atoms with Gasteiger partial charge in [-0.3, -0.25) is 4.79 Å². The Morgan fingerprint density at radius 3 is 2.52 bits per heavy atom. The molecule has 4 nitrogen and oxygen atoms in total. The number of rotatable bonds is 3. The van der Waals surface area contributed by atoms with E-state index in [-0.39, 0.29) is 17.2 Å². The molecule has 0 atom stereocenters. The summed E-state index contributed by atoms with van der Waals surface area (Å²) >= 11 is 0. The van der Waals surface area contributed by atoms with Gasteiger partial charge in [0.25, 0.3) is 0 Å². The van der Waals surface area contributed by atoms with Crippen molar-refractivity contribution in [2.24, 2.45) is 5.92 Å². The van der Waals surface area contributed by atoms with Crippen LogP contribution < -0.4 is 0 Å². The molecule has 1 aromatic heterocycles. The molecule has 0 spiro atoms. The molecule has 0 unspecified atom stereocenters. The summed E-state index contributed by atoms with van der Waals surface area (Å²) in [5.41, 5.74) is -0.913. The molecule has 1 aliphatic carbocycles. The van der Waals surface area contributed by atoms with Gasteiger partial charge in [-0.05, 0) is 31.0 Å². The van der Waals surface area contributed by atoms with E-state index in [0.29, 0.717) is 12.8 Å². The monoisotopic (exact) mass is 323 g/mol. The summed E-state index contributed by atoms with van der Waals surface area (Å²) in [6.45, 7) is 0. The van der Waals surface area contributed by atoms with Gasteiger partial charge in [0.05, 0.1) is 11.3 Å². The highest BCUT2D eigenvalue weighted by atomic mass is 19.4. The Morgan fingerprint density at radius 2 is 1.91 bits per heavy atom. The van der Waals surface area contributed by atoms with E-state index in [0.717, 1.165) is 25.3 Å². The van der Waals surface area contributed by atoms with E-state index in [1.54, 1.807) is 0 Å². The lowest BCUT2D eigenvalue weighted by atomic mass is 9.82. The standard InChI is InChI=1S/C16H16F3N3O/c17-16(18,19)14-8-12(22-10-20-9-21-22)6-7-13(14)15(23)11-4-2-1-3-5-11/h6-11H,1-5H2. The quantitative estimate of drug-likeness (QED) is 0.801. The second kappa shape index (κ2) is 6.14. The van der Waals surface area contributed by atoms with Crippen LogP contribution in [-0.4, -0.2) is 20.5 Å². The second-order valence-corrected chi connectivity index (χ2v) is 5.77. The minimum absolute atomic E-state index is 0.231.